The van der Waals surface area contributed by atoms with Crippen LogP contribution in [0.4, 0.5) is 0 Å². The SMILES string of the molecule is O=C1C=CC(=C(c2ccc3ccccc3c2)c2ccc3ccccc3c2)O1. The number of carbonyl (C=O) groups is 1. The van der Waals surface area contributed by atoms with Crippen LogP contribution in [-0.4, -0.2) is 5.97 Å². The van der Waals surface area contributed by atoms with E-state index in [1.54, 1.807) is 6.08 Å². The van der Waals surface area contributed by atoms with E-state index < -0.39 is 0 Å². The molecule has 0 atom stereocenters. The van der Waals surface area contributed by atoms with Gasteiger partial charge < -0.3 is 4.74 Å². The van der Waals surface area contributed by atoms with Crippen LogP contribution in [0.15, 0.2) is 103 Å². The zero-order valence-electron chi connectivity index (χ0n) is 14.6. The first-order valence-electron chi connectivity index (χ1n) is 8.90. The summed E-state index contributed by atoms with van der Waals surface area (Å²) in [5.74, 6) is 0.259. The van der Waals surface area contributed by atoms with Gasteiger partial charge in [-0.3, -0.25) is 0 Å². The molecule has 2 heteroatoms. The van der Waals surface area contributed by atoms with Crippen LogP contribution < -0.4 is 0 Å². The summed E-state index contributed by atoms with van der Waals surface area (Å²) < 4.78 is 5.49. The number of cyclic esters (lactones) is 1. The van der Waals surface area contributed by atoms with Gasteiger partial charge in [-0.2, -0.15) is 0 Å². The smallest absolute Gasteiger partial charge is 0.336 e. The maximum atomic E-state index is 11.7. The molecule has 0 aliphatic carbocycles. The average molecular weight is 348 g/mol. The fraction of sp³-hybridized carbons (Fsp3) is 0. The van der Waals surface area contributed by atoms with Crippen LogP contribution in [0.3, 0.4) is 0 Å². The molecule has 128 valence electrons. The Morgan fingerprint density at radius 1 is 0.593 bits per heavy atom. The molecule has 4 aromatic carbocycles. The normalized spacial score (nSPS) is 13.3. The minimum atomic E-state index is -0.330. The van der Waals surface area contributed by atoms with Gasteiger partial charge in [-0.05, 0) is 50.9 Å². The molecule has 27 heavy (non-hydrogen) atoms. The first-order chi connectivity index (χ1) is 13.3. The fourth-order valence-electron chi connectivity index (χ4n) is 3.60. The second kappa shape index (κ2) is 6.26. The van der Waals surface area contributed by atoms with Crippen molar-refractivity contribution in [3.63, 3.8) is 0 Å². The summed E-state index contributed by atoms with van der Waals surface area (Å²) in [5.41, 5.74) is 2.98. The molecule has 0 unspecified atom stereocenters. The van der Waals surface area contributed by atoms with Gasteiger partial charge in [-0.1, -0.05) is 72.8 Å². The van der Waals surface area contributed by atoms with Crippen LogP contribution in [0.2, 0.25) is 0 Å². The Balaban J connectivity index is 1.75. The van der Waals surface area contributed by atoms with Crippen LogP contribution in [0.25, 0.3) is 27.1 Å². The van der Waals surface area contributed by atoms with E-state index >= 15 is 0 Å². The Morgan fingerprint density at radius 2 is 1.11 bits per heavy atom. The number of hydrogen-bond donors (Lipinski definition) is 0. The molecule has 0 fully saturated rings. The molecular weight excluding hydrogens is 332 g/mol. The summed E-state index contributed by atoms with van der Waals surface area (Å²) in [6, 6.07) is 29.2. The van der Waals surface area contributed by atoms with Crippen molar-refractivity contribution in [2.75, 3.05) is 0 Å². The van der Waals surface area contributed by atoms with Crippen molar-refractivity contribution in [3.05, 3.63) is 114 Å². The van der Waals surface area contributed by atoms with Crippen molar-refractivity contribution in [1.82, 2.24) is 0 Å². The highest BCUT2D eigenvalue weighted by Gasteiger charge is 2.18. The van der Waals surface area contributed by atoms with Crippen LogP contribution in [0.1, 0.15) is 11.1 Å². The number of benzene rings is 4. The van der Waals surface area contributed by atoms with Crippen LogP contribution >= 0.6 is 0 Å². The third-order valence-corrected chi connectivity index (χ3v) is 4.90. The summed E-state index contributed by atoms with van der Waals surface area (Å²) in [6.45, 7) is 0. The lowest BCUT2D eigenvalue weighted by Gasteiger charge is -2.13. The standard InChI is InChI=1S/C25H16O2/c26-24-14-13-23(27-24)25(21-11-9-17-5-1-3-7-19(17)15-21)22-12-10-18-6-2-4-8-20(18)16-22/h1-16H. The number of ether oxygens (including phenoxy) is 1. The van der Waals surface area contributed by atoms with E-state index in [1.165, 1.54) is 16.8 Å². The minimum absolute atomic E-state index is 0.330. The Kier molecular flexibility index (Phi) is 3.61. The number of fused-ring (bicyclic) bond motifs is 2. The zero-order valence-corrected chi connectivity index (χ0v) is 14.6. The second-order valence-electron chi connectivity index (χ2n) is 6.62. The van der Waals surface area contributed by atoms with E-state index in [0.29, 0.717) is 5.76 Å². The third kappa shape index (κ3) is 2.81. The first kappa shape index (κ1) is 15.6. The molecule has 5 rings (SSSR count). The molecule has 1 aliphatic heterocycles. The molecule has 0 saturated heterocycles. The molecule has 1 aliphatic rings. The van der Waals surface area contributed by atoms with Gasteiger partial charge in [-0.15, -0.1) is 0 Å². The second-order valence-corrected chi connectivity index (χ2v) is 6.62. The fourth-order valence-corrected chi connectivity index (χ4v) is 3.60. The van der Waals surface area contributed by atoms with Gasteiger partial charge in [0.05, 0.1) is 0 Å². The number of carbonyl (C=O) groups excluding carboxylic acids is 1. The van der Waals surface area contributed by atoms with Crippen molar-refractivity contribution in [3.8, 4) is 0 Å². The molecule has 0 N–H and O–H groups in total. The van der Waals surface area contributed by atoms with Crippen molar-refractivity contribution in [2.45, 2.75) is 0 Å². The molecular formula is C25H16O2. The summed E-state index contributed by atoms with van der Waals surface area (Å²) in [5, 5.41) is 4.68. The van der Waals surface area contributed by atoms with E-state index in [9.17, 15) is 4.79 Å². The zero-order chi connectivity index (χ0) is 18.2. The lowest BCUT2D eigenvalue weighted by atomic mass is 9.93. The van der Waals surface area contributed by atoms with E-state index in [1.807, 2.05) is 24.3 Å². The van der Waals surface area contributed by atoms with Crippen molar-refractivity contribution >= 4 is 33.1 Å². The maximum Gasteiger partial charge on any atom is 0.336 e. The number of hydrogen-bond acceptors (Lipinski definition) is 2. The summed E-state index contributed by atoms with van der Waals surface area (Å²) in [6.07, 6.45) is 3.22. The lowest BCUT2D eigenvalue weighted by Crippen LogP contribution is -1.97. The predicted octanol–water partition coefficient (Wildman–Crippen LogP) is 5.87. The molecule has 4 aromatic rings. The van der Waals surface area contributed by atoms with Crippen molar-refractivity contribution in [2.24, 2.45) is 0 Å². The van der Waals surface area contributed by atoms with Crippen LogP contribution in [0.5, 0.6) is 0 Å². The largest absolute Gasteiger partial charge is 0.423 e. The number of rotatable bonds is 2. The van der Waals surface area contributed by atoms with Gasteiger partial charge in [-0.25, -0.2) is 4.79 Å². The summed E-state index contributed by atoms with van der Waals surface area (Å²) >= 11 is 0. The summed E-state index contributed by atoms with van der Waals surface area (Å²) in [4.78, 5) is 11.7. The summed E-state index contributed by atoms with van der Waals surface area (Å²) in [7, 11) is 0. The minimum Gasteiger partial charge on any atom is -0.423 e. The van der Waals surface area contributed by atoms with Gasteiger partial charge in [0, 0.05) is 11.6 Å². The van der Waals surface area contributed by atoms with Gasteiger partial charge in [0.1, 0.15) is 5.76 Å². The quantitative estimate of drug-likeness (QED) is 0.424. The highest BCUT2D eigenvalue weighted by atomic mass is 16.5. The average Bonchev–Trinajstić information content (AvgIpc) is 3.14. The van der Waals surface area contributed by atoms with Gasteiger partial charge in [0.15, 0.2) is 0 Å². The number of esters is 1. The molecule has 0 amide bonds. The highest BCUT2D eigenvalue weighted by Crippen LogP contribution is 2.33. The first-order valence-corrected chi connectivity index (χ1v) is 8.90. The lowest BCUT2D eigenvalue weighted by molar-refractivity contribution is -0.132. The topological polar surface area (TPSA) is 26.3 Å². The Hall–Kier alpha value is -3.65. The molecule has 1 heterocycles. The molecule has 0 saturated carbocycles. The van der Waals surface area contributed by atoms with E-state index in [-0.39, 0.29) is 5.97 Å². The van der Waals surface area contributed by atoms with Gasteiger partial charge in [0.25, 0.3) is 0 Å². The molecule has 0 radical (unpaired) electrons. The van der Waals surface area contributed by atoms with E-state index in [0.717, 1.165) is 27.5 Å². The Labute approximate surface area is 157 Å². The van der Waals surface area contributed by atoms with Gasteiger partial charge in [0.2, 0.25) is 0 Å². The predicted molar refractivity (Wildman–Crippen MR) is 109 cm³/mol. The molecule has 0 bridgehead atoms. The highest BCUT2D eigenvalue weighted by molar-refractivity contribution is 5.96. The Bertz CT molecular complexity index is 1180. The monoisotopic (exact) mass is 348 g/mol. The molecule has 0 spiro atoms. The van der Waals surface area contributed by atoms with E-state index in [4.69, 9.17) is 4.74 Å². The number of allylic oxidation sites excluding steroid dienone is 1. The molecule has 2 nitrogen and oxygen atoms in total. The van der Waals surface area contributed by atoms with Crippen molar-refractivity contribution < 1.29 is 9.53 Å². The Morgan fingerprint density at radius 3 is 1.59 bits per heavy atom. The van der Waals surface area contributed by atoms with Gasteiger partial charge >= 0.3 is 5.97 Å². The third-order valence-electron chi connectivity index (χ3n) is 4.90. The van der Waals surface area contributed by atoms with Crippen LogP contribution in [-0.2, 0) is 9.53 Å². The van der Waals surface area contributed by atoms with Crippen molar-refractivity contribution in [1.29, 1.82) is 0 Å². The van der Waals surface area contributed by atoms with Crippen LogP contribution in [0, 0.1) is 0 Å². The maximum absolute atomic E-state index is 11.7. The van der Waals surface area contributed by atoms with E-state index in [2.05, 4.69) is 60.7 Å². The molecule has 0 aromatic heterocycles.